The molecule has 0 unspecified atom stereocenters. The van der Waals surface area contributed by atoms with Crippen LogP contribution in [0.2, 0.25) is 0 Å². The molecule has 0 aromatic heterocycles. The minimum absolute atomic E-state index is 0.0627. The van der Waals surface area contributed by atoms with Crippen molar-refractivity contribution in [1.82, 2.24) is 0 Å². The maximum Gasteiger partial charge on any atom is 0.417 e. The summed E-state index contributed by atoms with van der Waals surface area (Å²) >= 11 is 0. The Labute approximate surface area is 116 Å². The molecular weight excluding hydrogens is 290 g/mol. The van der Waals surface area contributed by atoms with Gasteiger partial charge >= 0.3 is 6.18 Å². The van der Waals surface area contributed by atoms with E-state index in [0.29, 0.717) is 0 Å². The van der Waals surface area contributed by atoms with Crippen LogP contribution < -0.4 is 5.32 Å². The van der Waals surface area contributed by atoms with Crippen molar-refractivity contribution in [3.05, 3.63) is 59.4 Å². The number of carbonyl (C=O) groups excluding carboxylic acids is 1. The third-order valence-electron chi connectivity index (χ3n) is 2.68. The van der Waals surface area contributed by atoms with Crippen LogP contribution in [0.25, 0.3) is 0 Å². The van der Waals surface area contributed by atoms with E-state index in [9.17, 15) is 22.4 Å². The molecule has 0 aliphatic carbocycles. The molecule has 3 nitrogen and oxygen atoms in total. The molecule has 0 fully saturated rings. The van der Waals surface area contributed by atoms with E-state index in [2.05, 4.69) is 5.32 Å². The lowest BCUT2D eigenvalue weighted by atomic mass is 10.1. The number of phenolic OH excluding ortho intramolecular Hbond substituents is 1. The third-order valence-corrected chi connectivity index (χ3v) is 2.68. The number of rotatable bonds is 2. The second-order valence-corrected chi connectivity index (χ2v) is 4.16. The topological polar surface area (TPSA) is 49.3 Å². The molecule has 0 saturated heterocycles. The number of hydrogen-bond acceptors (Lipinski definition) is 2. The first-order chi connectivity index (χ1) is 9.79. The fraction of sp³-hybridized carbons (Fsp3) is 0.0714. The predicted octanol–water partition coefficient (Wildman–Crippen LogP) is 3.80. The number of carbonyl (C=O) groups is 1. The molecule has 0 aliphatic heterocycles. The van der Waals surface area contributed by atoms with Gasteiger partial charge in [0.05, 0.1) is 11.1 Å². The van der Waals surface area contributed by atoms with Gasteiger partial charge in [-0.15, -0.1) is 0 Å². The molecule has 110 valence electrons. The van der Waals surface area contributed by atoms with Gasteiger partial charge in [-0.3, -0.25) is 4.79 Å². The van der Waals surface area contributed by atoms with E-state index in [4.69, 9.17) is 5.11 Å². The number of halogens is 4. The molecule has 2 aromatic rings. The van der Waals surface area contributed by atoms with Gasteiger partial charge in [0.15, 0.2) is 11.6 Å². The van der Waals surface area contributed by atoms with Crippen LogP contribution in [0.3, 0.4) is 0 Å². The molecule has 0 spiro atoms. The lowest BCUT2D eigenvalue weighted by Crippen LogP contribution is -2.18. The van der Waals surface area contributed by atoms with Gasteiger partial charge in [0.2, 0.25) is 0 Å². The maximum atomic E-state index is 13.1. The fourth-order valence-electron chi connectivity index (χ4n) is 1.71. The van der Waals surface area contributed by atoms with E-state index in [-0.39, 0.29) is 5.69 Å². The molecule has 2 aromatic carbocycles. The molecule has 0 radical (unpaired) electrons. The van der Waals surface area contributed by atoms with Crippen LogP contribution in [0.1, 0.15) is 15.9 Å². The Morgan fingerprint density at radius 2 is 1.76 bits per heavy atom. The number of benzene rings is 2. The average molecular weight is 299 g/mol. The van der Waals surface area contributed by atoms with Crippen LogP contribution in [-0.2, 0) is 6.18 Å². The summed E-state index contributed by atoms with van der Waals surface area (Å²) in [4.78, 5) is 11.9. The zero-order valence-corrected chi connectivity index (χ0v) is 10.4. The molecule has 21 heavy (non-hydrogen) atoms. The van der Waals surface area contributed by atoms with Gasteiger partial charge in [-0.05, 0) is 24.3 Å². The van der Waals surface area contributed by atoms with Gasteiger partial charge in [0.25, 0.3) is 5.91 Å². The van der Waals surface area contributed by atoms with Crippen LogP contribution in [0, 0.1) is 5.82 Å². The van der Waals surface area contributed by atoms with E-state index in [1.165, 1.54) is 18.2 Å². The van der Waals surface area contributed by atoms with Gasteiger partial charge in [-0.25, -0.2) is 4.39 Å². The van der Waals surface area contributed by atoms with Crippen molar-refractivity contribution in [1.29, 1.82) is 0 Å². The van der Waals surface area contributed by atoms with Crippen LogP contribution >= 0.6 is 0 Å². The van der Waals surface area contributed by atoms with Crippen molar-refractivity contribution in [3.63, 3.8) is 0 Å². The van der Waals surface area contributed by atoms with Gasteiger partial charge in [0, 0.05) is 11.8 Å². The van der Waals surface area contributed by atoms with E-state index in [0.717, 1.165) is 24.3 Å². The van der Waals surface area contributed by atoms with Crippen molar-refractivity contribution in [2.24, 2.45) is 0 Å². The van der Waals surface area contributed by atoms with E-state index >= 15 is 0 Å². The number of phenols is 1. The lowest BCUT2D eigenvalue weighted by molar-refractivity contribution is -0.137. The molecule has 1 amide bonds. The van der Waals surface area contributed by atoms with Gasteiger partial charge in [0.1, 0.15) is 0 Å². The summed E-state index contributed by atoms with van der Waals surface area (Å²) in [7, 11) is 0. The zero-order chi connectivity index (χ0) is 15.6. The van der Waals surface area contributed by atoms with Crippen molar-refractivity contribution >= 4 is 11.6 Å². The summed E-state index contributed by atoms with van der Waals surface area (Å²) in [5.41, 5.74) is -1.72. The molecular formula is C14H9F4NO2. The van der Waals surface area contributed by atoms with Crippen molar-refractivity contribution in [2.45, 2.75) is 6.18 Å². The Kier molecular flexibility index (Phi) is 3.84. The molecule has 2 rings (SSSR count). The minimum Gasteiger partial charge on any atom is -0.505 e. The predicted molar refractivity (Wildman–Crippen MR) is 67.5 cm³/mol. The Balaban J connectivity index is 2.31. The highest BCUT2D eigenvalue weighted by molar-refractivity contribution is 6.05. The molecule has 0 atom stereocenters. The van der Waals surface area contributed by atoms with Gasteiger partial charge < -0.3 is 10.4 Å². The molecule has 0 bridgehead atoms. The number of hydrogen-bond donors (Lipinski definition) is 2. The number of aromatic hydroxyl groups is 1. The summed E-state index contributed by atoms with van der Waals surface area (Å²) < 4.78 is 51.5. The summed E-state index contributed by atoms with van der Waals surface area (Å²) in [5, 5.41) is 11.2. The Morgan fingerprint density at radius 1 is 1.10 bits per heavy atom. The van der Waals surface area contributed by atoms with E-state index in [1.54, 1.807) is 0 Å². The minimum atomic E-state index is -4.67. The standard InChI is InChI=1S/C14H9F4NO2/c15-11-7-8(5-6-12(11)20)19-13(21)9-3-1-2-4-10(9)14(16,17)18/h1-7,20H,(H,19,21). The highest BCUT2D eigenvalue weighted by Crippen LogP contribution is 2.32. The molecule has 0 aliphatic rings. The second kappa shape index (κ2) is 5.43. The monoisotopic (exact) mass is 299 g/mol. The van der Waals surface area contributed by atoms with E-state index < -0.39 is 34.8 Å². The summed E-state index contributed by atoms with van der Waals surface area (Å²) in [6.07, 6.45) is -4.67. The molecule has 0 saturated carbocycles. The molecule has 7 heteroatoms. The smallest absolute Gasteiger partial charge is 0.417 e. The average Bonchev–Trinajstić information content (AvgIpc) is 2.42. The highest BCUT2D eigenvalue weighted by atomic mass is 19.4. The highest BCUT2D eigenvalue weighted by Gasteiger charge is 2.34. The first-order valence-corrected chi connectivity index (χ1v) is 5.75. The van der Waals surface area contributed by atoms with Crippen molar-refractivity contribution in [3.8, 4) is 5.75 Å². The SMILES string of the molecule is O=C(Nc1ccc(O)c(F)c1)c1ccccc1C(F)(F)F. The number of alkyl halides is 3. The number of anilines is 1. The van der Waals surface area contributed by atoms with Crippen LogP contribution in [0.4, 0.5) is 23.2 Å². The fourth-order valence-corrected chi connectivity index (χ4v) is 1.71. The summed E-state index contributed by atoms with van der Waals surface area (Å²) in [6, 6.07) is 7.24. The Hall–Kier alpha value is -2.57. The third kappa shape index (κ3) is 3.31. The lowest BCUT2D eigenvalue weighted by Gasteiger charge is -2.12. The van der Waals surface area contributed by atoms with Crippen LogP contribution in [0.15, 0.2) is 42.5 Å². The van der Waals surface area contributed by atoms with Crippen molar-refractivity contribution in [2.75, 3.05) is 5.32 Å². The molecule has 2 N–H and O–H groups in total. The normalized spacial score (nSPS) is 11.2. The zero-order valence-electron chi connectivity index (χ0n) is 10.4. The quantitative estimate of drug-likeness (QED) is 0.654. The van der Waals surface area contributed by atoms with Crippen molar-refractivity contribution < 1.29 is 27.5 Å². The maximum absolute atomic E-state index is 13.1. The Bertz CT molecular complexity index is 683. The van der Waals surface area contributed by atoms with Crippen LogP contribution in [0.5, 0.6) is 5.75 Å². The van der Waals surface area contributed by atoms with Crippen LogP contribution in [-0.4, -0.2) is 11.0 Å². The summed E-state index contributed by atoms with van der Waals surface area (Å²) in [5.74, 6) is -2.63. The number of nitrogens with one attached hydrogen (secondary N) is 1. The summed E-state index contributed by atoms with van der Waals surface area (Å²) in [6.45, 7) is 0. The second-order valence-electron chi connectivity index (χ2n) is 4.16. The van der Waals surface area contributed by atoms with Gasteiger partial charge in [-0.1, -0.05) is 12.1 Å². The first-order valence-electron chi connectivity index (χ1n) is 5.75. The van der Waals surface area contributed by atoms with Gasteiger partial charge in [-0.2, -0.15) is 13.2 Å². The van der Waals surface area contributed by atoms with E-state index in [1.807, 2.05) is 0 Å². The number of amides is 1. The molecule has 0 heterocycles. The first kappa shape index (κ1) is 14.8. The Morgan fingerprint density at radius 3 is 2.38 bits per heavy atom. The largest absolute Gasteiger partial charge is 0.505 e.